The first-order valence-corrected chi connectivity index (χ1v) is 7.60. The van der Waals surface area contributed by atoms with E-state index in [9.17, 15) is 5.11 Å². The SMILES string of the molecule is Cc1cc(Br)cnc1OCC(CO)N1CCCCC1. The molecule has 2 rings (SSSR count). The molecule has 1 saturated heterocycles. The van der Waals surface area contributed by atoms with E-state index in [2.05, 4.69) is 25.8 Å². The molecule has 0 bridgehead atoms. The lowest BCUT2D eigenvalue weighted by Gasteiger charge is -2.33. The number of aromatic nitrogens is 1. The van der Waals surface area contributed by atoms with Crippen molar-refractivity contribution in [2.75, 3.05) is 26.3 Å². The third-order valence-electron chi connectivity index (χ3n) is 3.53. The normalized spacial score (nSPS) is 18.3. The molecule has 1 N–H and O–H groups in total. The van der Waals surface area contributed by atoms with Gasteiger partial charge in [-0.25, -0.2) is 4.98 Å². The number of ether oxygens (including phenoxy) is 1. The lowest BCUT2D eigenvalue weighted by atomic mass is 10.1. The van der Waals surface area contributed by atoms with Crippen molar-refractivity contribution >= 4 is 15.9 Å². The van der Waals surface area contributed by atoms with Crippen LogP contribution in [0, 0.1) is 6.92 Å². The van der Waals surface area contributed by atoms with Crippen LogP contribution in [0.4, 0.5) is 0 Å². The topological polar surface area (TPSA) is 45.6 Å². The third-order valence-corrected chi connectivity index (χ3v) is 3.96. The van der Waals surface area contributed by atoms with Gasteiger partial charge in [-0.1, -0.05) is 6.42 Å². The minimum Gasteiger partial charge on any atom is -0.476 e. The van der Waals surface area contributed by atoms with E-state index < -0.39 is 0 Å². The molecule has 0 aliphatic carbocycles. The van der Waals surface area contributed by atoms with Crippen LogP contribution in [0.25, 0.3) is 0 Å². The van der Waals surface area contributed by atoms with Crippen molar-refractivity contribution in [2.24, 2.45) is 0 Å². The molecule has 1 aliphatic heterocycles. The molecule has 5 heteroatoms. The average Bonchev–Trinajstić information content (AvgIpc) is 2.43. The van der Waals surface area contributed by atoms with Crippen LogP contribution in [-0.4, -0.2) is 47.3 Å². The Kier molecular flexibility index (Phi) is 5.60. The maximum absolute atomic E-state index is 9.52. The first-order valence-electron chi connectivity index (χ1n) is 6.80. The number of piperidine rings is 1. The molecular formula is C14H21BrN2O2. The summed E-state index contributed by atoms with van der Waals surface area (Å²) in [6, 6.07) is 2.06. The Balaban J connectivity index is 1.91. The number of aliphatic hydroxyl groups is 1. The molecule has 1 unspecified atom stereocenters. The summed E-state index contributed by atoms with van der Waals surface area (Å²) in [6.07, 6.45) is 5.46. The molecule has 1 aromatic heterocycles. The van der Waals surface area contributed by atoms with E-state index in [1.807, 2.05) is 13.0 Å². The Bertz CT molecular complexity index is 408. The summed E-state index contributed by atoms with van der Waals surface area (Å²) in [6.45, 7) is 4.71. The molecule has 0 radical (unpaired) electrons. The first-order chi connectivity index (χ1) is 9.20. The fraction of sp³-hybridized carbons (Fsp3) is 0.643. The molecule has 0 saturated carbocycles. The van der Waals surface area contributed by atoms with Gasteiger partial charge in [-0.05, 0) is 54.9 Å². The quantitative estimate of drug-likeness (QED) is 0.901. The number of nitrogens with zero attached hydrogens (tertiary/aromatic N) is 2. The van der Waals surface area contributed by atoms with Crippen LogP contribution < -0.4 is 4.74 Å². The molecule has 0 spiro atoms. The molecule has 0 amide bonds. The van der Waals surface area contributed by atoms with Gasteiger partial charge in [-0.15, -0.1) is 0 Å². The van der Waals surface area contributed by atoms with E-state index in [1.165, 1.54) is 19.3 Å². The van der Waals surface area contributed by atoms with Gasteiger partial charge in [0.1, 0.15) is 6.61 Å². The molecule has 106 valence electrons. The Morgan fingerprint density at radius 1 is 1.42 bits per heavy atom. The van der Waals surface area contributed by atoms with Crippen LogP contribution in [0.5, 0.6) is 5.88 Å². The van der Waals surface area contributed by atoms with Crippen LogP contribution in [0.3, 0.4) is 0 Å². The smallest absolute Gasteiger partial charge is 0.216 e. The second-order valence-corrected chi connectivity index (χ2v) is 5.94. The lowest BCUT2D eigenvalue weighted by Crippen LogP contribution is -2.44. The average molecular weight is 329 g/mol. The maximum atomic E-state index is 9.52. The number of halogens is 1. The predicted molar refractivity (Wildman–Crippen MR) is 78.5 cm³/mol. The minimum atomic E-state index is 0.0742. The summed E-state index contributed by atoms with van der Waals surface area (Å²) in [4.78, 5) is 6.58. The highest BCUT2D eigenvalue weighted by Gasteiger charge is 2.20. The molecule has 19 heavy (non-hydrogen) atoms. The van der Waals surface area contributed by atoms with Crippen molar-refractivity contribution in [3.63, 3.8) is 0 Å². The molecule has 1 fully saturated rings. The van der Waals surface area contributed by atoms with Crippen molar-refractivity contribution in [1.82, 2.24) is 9.88 Å². The van der Waals surface area contributed by atoms with Crippen LogP contribution in [0.15, 0.2) is 16.7 Å². The minimum absolute atomic E-state index is 0.0742. The molecule has 4 nitrogen and oxygen atoms in total. The fourth-order valence-corrected chi connectivity index (χ4v) is 2.86. The lowest BCUT2D eigenvalue weighted by molar-refractivity contribution is 0.0670. The number of pyridine rings is 1. The first kappa shape index (κ1) is 14.8. The van der Waals surface area contributed by atoms with Gasteiger partial charge in [0.25, 0.3) is 0 Å². The second-order valence-electron chi connectivity index (χ2n) is 5.02. The largest absolute Gasteiger partial charge is 0.476 e. The molecule has 1 aliphatic rings. The van der Waals surface area contributed by atoms with Crippen molar-refractivity contribution in [2.45, 2.75) is 32.2 Å². The zero-order valence-corrected chi connectivity index (χ0v) is 12.9. The van der Waals surface area contributed by atoms with E-state index in [1.54, 1.807) is 6.20 Å². The predicted octanol–water partition coefficient (Wildman–Crippen LogP) is 2.38. The number of aryl methyl sites for hydroxylation is 1. The summed E-state index contributed by atoms with van der Waals surface area (Å²) in [5, 5.41) is 9.52. The van der Waals surface area contributed by atoms with E-state index in [-0.39, 0.29) is 12.6 Å². The number of hydrogen-bond donors (Lipinski definition) is 1. The Hall–Kier alpha value is -0.650. The van der Waals surface area contributed by atoms with Crippen LogP contribution in [0.1, 0.15) is 24.8 Å². The van der Waals surface area contributed by atoms with Crippen molar-refractivity contribution < 1.29 is 9.84 Å². The maximum Gasteiger partial charge on any atom is 0.216 e. The third kappa shape index (κ3) is 4.16. The Labute approximate surface area is 122 Å². The highest BCUT2D eigenvalue weighted by atomic mass is 79.9. The Morgan fingerprint density at radius 3 is 2.79 bits per heavy atom. The summed E-state index contributed by atoms with van der Waals surface area (Å²) in [7, 11) is 0. The summed E-state index contributed by atoms with van der Waals surface area (Å²) in [5.41, 5.74) is 1.00. The van der Waals surface area contributed by atoms with Gasteiger partial charge in [0, 0.05) is 16.2 Å². The van der Waals surface area contributed by atoms with Crippen LogP contribution in [-0.2, 0) is 0 Å². The van der Waals surface area contributed by atoms with Gasteiger partial charge in [0.2, 0.25) is 5.88 Å². The number of rotatable bonds is 5. The van der Waals surface area contributed by atoms with E-state index in [0.717, 1.165) is 23.1 Å². The molecule has 1 atom stereocenters. The number of hydrogen-bond acceptors (Lipinski definition) is 4. The fourth-order valence-electron chi connectivity index (χ4n) is 2.41. The van der Waals surface area contributed by atoms with Crippen molar-refractivity contribution in [3.05, 3.63) is 22.3 Å². The van der Waals surface area contributed by atoms with E-state index >= 15 is 0 Å². The monoisotopic (exact) mass is 328 g/mol. The van der Waals surface area contributed by atoms with E-state index in [0.29, 0.717) is 12.5 Å². The molecular weight excluding hydrogens is 308 g/mol. The standard InChI is InChI=1S/C14H21BrN2O2/c1-11-7-12(15)8-16-14(11)19-10-13(9-18)17-5-3-2-4-6-17/h7-8,13,18H,2-6,9-10H2,1H3. The molecule has 1 aromatic rings. The van der Waals surface area contributed by atoms with Gasteiger partial charge in [-0.2, -0.15) is 0 Å². The van der Waals surface area contributed by atoms with Gasteiger partial charge in [0.15, 0.2) is 0 Å². The number of aliphatic hydroxyl groups excluding tert-OH is 1. The van der Waals surface area contributed by atoms with Gasteiger partial charge in [0.05, 0.1) is 12.6 Å². The summed E-state index contributed by atoms with van der Waals surface area (Å²) in [5.74, 6) is 0.652. The van der Waals surface area contributed by atoms with Crippen molar-refractivity contribution in [1.29, 1.82) is 0 Å². The zero-order chi connectivity index (χ0) is 13.7. The van der Waals surface area contributed by atoms with Crippen LogP contribution in [0.2, 0.25) is 0 Å². The summed E-state index contributed by atoms with van der Waals surface area (Å²) < 4.78 is 6.72. The van der Waals surface area contributed by atoms with Gasteiger partial charge in [-0.3, -0.25) is 4.90 Å². The number of likely N-dealkylation sites (tertiary alicyclic amines) is 1. The molecule has 2 heterocycles. The van der Waals surface area contributed by atoms with Gasteiger partial charge >= 0.3 is 0 Å². The molecule has 0 aromatic carbocycles. The zero-order valence-electron chi connectivity index (χ0n) is 11.3. The van der Waals surface area contributed by atoms with Crippen molar-refractivity contribution in [3.8, 4) is 5.88 Å². The van der Waals surface area contributed by atoms with E-state index in [4.69, 9.17) is 4.74 Å². The summed E-state index contributed by atoms with van der Waals surface area (Å²) >= 11 is 3.39. The van der Waals surface area contributed by atoms with Crippen LogP contribution >= 0.6 is 15.9 Å². The highest BCUT2D eigenvalue weighted by molar-refractivity contribution is 9.10. The second kappa shape index (κ2) is 7.22. The highest BCUT2D eigenvalue weighted by Crippen LogP contribution is 2.19. The van der Waals surface area contributed by atoms with Gasteiger partial charge < -0.3 is 9.84 Å². The Morgan fingerprint density at radius 2 is 2.16 bits per heavy atom.